The average molecular weight is 422 g/mol. The summed E-state index contributed by atoms with van der Waals surface area (Å²) in [7, 11) is 0. The number of piperidine rings is 1. The van der Waals surface area contributed by atoms with Crippen LogP contribution in [-0.4, -0.2) is 28.9 Å². The van der Waals surface area contributed by atoms with Crippen molar-refractivity contribution in [3.05, 3.63) is 70.2 Å². The topological polar surface area (TPSA) is 54.5 Å². The SMILES string of the molecule is Cc1ccc(Oc2ccc(NC(=O)C3CCN(Cc4csc(C)n4)CC3)cc2)cc1. The first-order chi connectivity index (χ1) is 14.5. The third-order valence-corrected chi connectivity index (χ3v) is 6.21. The van der Waals surface area contributed by atoms with E-state index in [0.29, 0.717) is 0 Å². The summed E-state index contributed by atoms with van der Waals surface area (Å²) in [5, 5.41) is 6.29. The number of likely N-dealkylation sites (tertiary alicyclic amines) is 1. The Morgan fingerprint density at radius 1 is 1.07 bits per heavy atom. The van der Waals surface area contributed by atoms with Gasteiger partial charge in [-0.2, -0.15) is 0 Å². The van der Waals surface area contributed by atoms with E-state index in [0.717, 1.165) is 60.4 Å². The van der Waals surface area contributed by atoms with Crippen molar-refractivity contribution in [3.63, 3.8) is 0 Å². The van der Waals surface area contributed by atoms with Gasteiger partial charge >= 0.3 is 0 Å². The average Bonchev–Trinajstić information content (AvgIpc) is 3.16. The molecule has 0 radical (unpaired) electrons. The van der Waals surface area contributed by atoms with E-state index < -0.39 is 0 Å². The van der Waals surface area contributed by atoms with Crippen LogP contribution in [0.5, 0.6) is 11.5 Å². The van der Waals surface area contributed by atoms with E-state index in [2.05, 4.69) is 20.6 Å². The fourth-order valence-corrected chi connectivity index (χ4v) is 4.26. The van der Waals surface area contributed by atoms with Crippen LogP contribution >= 0.6 is 11.3 Å². The molecule has 0 atom stereocenters. The van der Waals surface area contributed by atoms with E-state index in [1.54, 1.807) is 11.3 Å². The Morgan fingerprint density at radius 2 is 1.70 bits per heavy atom. The molecule has 3 aromatic rings. The zero-order valence-corrected chi connectivity index (χ0v) is 18.2. The number of carbonyl (C=O) groups is 1. The Bertz CT molecular complexity index is 974. The highest BCUT2D eigenvalue weighted by Gasteiger charge is 2.25. The number of hydrogen-bond donors (Lipinski definition) is 1. The maximum absolute atomic E-state index is 12.7. The smallest absolute Gasteiger partial charge is 0.227 e. The molecule has 0 unspecified atom stereocenters. The van der Waals surface area contributed by atoms with Crippen LogP contribution in [0.2, 0.25) is 0 Å². The first-order valence-corrected chi connectivity index (χ1v) is 11.2. The first kappa shape index (κ1) is 20.6. The molecule has 1 aromatic heterocycles. The number of nitrogens with one attached hydrogen (secondary N) is 1. The molecule has 1 N–H and O–H groups in total. The molecular weight excluding hydrogens is 394 g/mol. The maximum Gasteiger partial charge on any atom is 0.227 e. The van der Waals surface area contributed by atoms with Crippen molar-refractivity contribution in [2.75, 3.05) is 18.4 Å². The van der Waals surface area contributed by atoms with Gasteiger partial charge in [-0.1, -0.05) is 17.7 Å². The molecular formula is C24H27N3O2S. The van der Waals surface area contributed by atoms with Crippen molar-refractivity contribution in [3.8, 4) is 11.5 Å². The fraction of sp³-hybridized carbons (Fsp3) is 0.333. The van der Waals surface area contributed by atoms with Gasteiger partial charge < -0.3 is 10.1 Å². The number of hydrogen-bond acceptors (Lipinski definition) is 5. The van der Waals surface area contributed by atoms with E-state index in [4.69, 9.17) is 4.74 Å². The Morgan fingerprint density at radius 3 is 2.30 bits per heavy atom. The maximum atomic E-state index is 12.7. The molecule has 0 aliphatic carbocycles. The highest BCUT2D eigenvalue weighted by molar-refractivity contribution is 7.09. The van der Waals surface area contributed by atoms with Crippen LogP contribution < -0.4 is 10.1 Å². The number of aromatic nitrogens is 1. The third-order valence-electron chi connectivity index (χ3n) is 5.39. The molecule has 1 fully saturated rings. The van der Waals surface area contributed by atoms with E-state index in [9.17, 15) is 4.79 Å². The molecule has 1 aliphatic rings. The van der Waals surface area contributed by atoms with Gasteiger partial charge in [0.05, 0.1) is 10.7 Å². The lowest BCUT2D eigenvalue weighted by atomic mass is 9.95. The van der Waals surface area contributed by atoms with Crippen LogP contribution in [0.25, 0.3) is 0 Å². The Hall–Kier alpha value is -2.70. The quantitative estimate of drug-likeness (QED) is 0.579. The number of rotatable bonds is 6. The fourth-order valence-electron chi connectivity index (χ4n) is 3.66. The van der Waals surface area contributed by atoms with E-state index in [1.165, 1.54) is 5.56 Å². The summed E-state index contributed by atoms with van der Waals surface area (Å²) < 4.78 is 5.85. The lowest BCUT2D eigenvalue weighted by Crippen LogP contribution is -2.37. The van der Waals surface area contributed by atoms with E-state index in [-0.39, 0.29) is 11.8 Å². The van der Waals surface area contributed by atoms with Gasteiger partial charge in [0.2, 0.25) is 5.91 Å². The monoisotopic (exact) mass is 421 g/mol. The summed E-state index contributed by atoms with van der Waals surface area (Å²) in [6, 6.07) is 15.5. The Balaban J connectivity index is 1.25. The van der Waals surface area contributed by atoms with Crippen LogP contribution in [0.15, 0.2) is 53.9 Å². The molecule has 30 heavy (non-hydrogen) atoms. The predicted octanol–water partition coefficient (Wildman–Crippen LogP) is 5.40. The standard InChI is InChI=1S/C24H27N3O2S/c1-17-3-7-22(8-4-17)29-23-9-5-20(6-10-23)26-24(28)19-11-13-27(14-12-19)15-21-16-30-18(2)25-21/h3-10,16,19H,11-15H2,1-2H3,(H,26,28). The molecule has 6 heteroatoms. The summed E-state index contributed by atoms with van der Waals surface area (Å²) in [6.45, 7) is 6.82. The van der Waals surface area contributed by atoms with Gasteiger partial charge in [0.1, 0.15) is 11.5 Å². The van der Waals surface area contributed by atoms with Crippen molar-refractivity contribution >= 4 is 22.9 Å². The summed E-state index contributed by atoms with van der Waals surface area (Å²) in [4.78, 5) is 19.6. The van der Waals surface area contributed by atoms with Gasteiger partial charge in [0, 0.05) is 23.5 Å². The number of benzene rings is 2. The molecule has 2 heterocycles. The second kappa shape index (κ2) is 9.41. The number of ether oxygens (including phenoxy) is 1. The van der Waals surface area contributed by atoms with Gasteiger partial charge in [-0.3, -0.25) is 9.69 Å². The molecule has 4 rings (SSSR count). The molecule has 2 aromatic carbocycles. The highest BCUT2D eigenvalue weighted by Crippen LogP contribution is 2.25. The molecule has 1 saturated heterocycles. The molecule has 1 aliphatic heterocycles. The van der Waals surface area contributed by atoms with Gasteiger partial charge in [0.15, 0.2) is 0 Å². The zero-order valence-electron chi connectivity index (χ0n) is 17.4. The van der Waals surface area contributed by atoms with Crippen LogP contribution in [-0.2, 0) is 11.3 Å². The third kappa shape index (κ3) is 5.46. The molecule has 5 nitrogen and oxygen atoms in total. The lowest BCUT2D eigenvalue weighted by Gasteiger charge is -2.30. The largest absolute Gasteiger partial charge is 0.457 e. The van der Waals surface area contributed by atoms with Crippen molar-refractivity contribution < 1.29 is 9.53 Å². The van der Waals surface area contributed by atoms with Crippen LogP contribution in [0.4, 0.5) is 5.69 Å². The second-order valence-electron chi connectivity index (χ2n) is 7.84. The summed E-state index contributed by atoms with van der Waals surface area (Å²) in [5.41, 5.74) is 3.13. The van der Waals surface area contributed by atoms with Gasteiger partial charge in [-0.05, 0) is 76.2 Å². The summed E-state index contributed by atoms with van der Waals surface area (Å²) in [5.74, 6) is 1.72. The van der Waals surface area contributed by atoms with Crippen molar-refractivity contribution in [1.29, 1.82) is 0 Å². The number of thiazole rings is 1. The van der Waals surface area contributed by atoms with Crippen LogP contribution in [0.1, 0.15) is 29.1 Å². The zero-order chi connectivity index (χ0) is 20.9. The first-order valence-electron chi connectivity index (χ1n) is 10.3. The van der Waals surface area contributed by atoms with Crippen LogP contribution in [0, 0.1) is 19.8 Å². The lowest BCUT2D eigenvalue weighted by molar-refractivity contribution is -0.121. The summed E-state index contributed by atoms with van der Waals surface area (Å²) in [6.07, 6.45) is 1.76. The molecule has 1 amide bonds. The number of nitrogens with zero attached hydrogens (tertiary/aromatic N) is 2. The van der Waals surface area contributed by atoms with Gasteiger partial charge in [-0.15, -0.1) is 11.3 Å². The molecule has 0 saturated carbocycles. The van der Waals surface area contributed by atoms with Crippen LogP contribution in [0.3, 0.4) is 0 Å². The number of aryl methyl sites for hydroxylation is 2. The van der Waals surface area contributed by atoms with Crippen molar-refractivity contribution in [2.45, 2.75) is 33.2 Å². The molecule has 0 bridgehead atoms. The van der Waals surface area contributed by atoms with Gasteiger partial charge in [-0.25, -0.2) is 4.98 Å². The normalized spacial score (nSPS) is 15.1. The van der Waals surface area contributed by atoms with Crippen molar-refractivity contribution in [1.82, 2.24) is 9.88 Å². The number of carbonyl (C=O) groups excluding carboxylic acids is 1. The highest BCUT2D eigenvalue weighted by atomic mass is 32.1. The molecule has 0 spiro atoms. The summed E-state index contributed by atoms with van der Waals surface area (Å²) >= 11 is 1.69. The second-order valence-corrected chi connectivity index (χ2v) is 8.90. The predicted molar refractivity (Wildman–Crippen MR) is 121 cm³/mol. The number of anilines is 1. The van der Waals surface area contributed by atoms with E-state index in [1.807, 2.05) is 62.4 Å². The Labute approximate surface area is 181 Å². The van der Waals surface area contributed by atoms with E-state index >= 15 is 0 Å². The minimum atomic E-state index is 0.0573. The Kier molecular flexibility index (Phi) is 6.45. The van der Waals surface area contributed by atoms with Gasteiger partial charge in [0.25, 0.3) is 0 Å². The number of amides is 1. The molecule has 156 valence electrons. The minimum absolute atomic E-state index is 0.0573. The minimum Gasteiger partial charge on any atom is -0.457 e. The van der Waals surface area contributed by atoms with Crippen molar-refractivity contribution in [2.24, 2.45) is 5.92 Å².